The van der Waals surface area contributed by atoms with E-state index in [2.05, 4.69) is 38.9 Å². The third-order valence-corrected chi connectivity index (χ3v) is 4.47. The first-order valence-electron chi connectivity index (χ1n) is 6.62. The second-order valence-electron chi connectivity index (χ2n) is 4.75. The molecule has 0 amide bonds. The molecule has 1 aromatic carbocycles. The Morgan fingerprint density at radius 1 is 1.10 bits per heavy atom. The highest BCUT2D eigenvalue weighted by Gasteiger charge is 2.17. The number of rotatable bonds is 3. The monoisotopic (exact) mass is 306 g/mol. The molecule has 1 fully saturated rings. The second kappa shape index (κ2) is 5.97. The van der Waals surface area contributed by atoms with Gasteiger partial charge in [0.15, 0.2) is 5.16 Å². The summed E-state index contributed by atoms with van der Waals surface area (Å²) in [5.74, 6) is 0.693. The molecule has 0 spiro atoms. The average molecular weight is 307 g/mol. The average Bonchev–Trinajstić information content (AvgIpc) is 2.95. The first-order chi connectivity index (χ1) is 9.72. The van der Waals surface area contributed by atoms with Crippen LogP contribution in [0.5, 0.6) is 0 Å². The van der Waals surface area contributed by atoms with Crippen LogP contribution in [0, 0.1) is 6.92 Å². The molecular formula is C14H15ClN4S. The van der Waals surface area contributed by atoms with Crippen molar-refractivity contribution in [2.24, 2.45) is 0 Å². The number of hydrogen-bond donors (Lipinski definition) is 0. The normalized spacial score (nSPS) is 14.8. The zero-order chi connectivity index (χ0) is 13.9. The molecule has 0 N–H and O–H groups in total. The van der Waals surface area contributed by atoms with Gasteiger partial charge in [0.1, 0.15) is 0 Å². The lowest BCUT2D eigenvalue weighted by Gasteiger charge is -2.15. The molecule has 0 aliphatic carbocycles. The standard InChI is InChI=1S/C14H15ClN4S/c1-10-6-2-3-7-11(10)20-14-17-12(15)16-13(18-14)19-8-4-5-9-19/h2-3,6-7H,4-5,8-9H2,1H3. The summed E-state index contributed by atoms with van der Waals surface area (Å²) in [6.45, 7) is 4.07. The van der Waals surface area contributed by atoms with Crippen molar-refractivity contribution in [2.75, 3.05) is 18.0 Å². The van der Waals surface area contributed by atoms with E-state index in [1.54, 1.807) is 0 Å². The number of aryl methyl sites for hydroxylation is 1. The predicted molar refractivity (Wildman–Crippen MR) is 81.6 cm³/mol. The molecule has 0 bridgehead atoms. The molecule has 2 heterocycles. The summed E-state index contributed by atoms with van der Waals surface area (Å²) in [6, 6.07) is 8.18. The maximum atomic E-state index is 6.03. The van der Waals surface area contributed by atoms with E-state index in [0.29, 0.717) is 11.1 Å². The highest BCUT2D eigenvalue weighted by Crippen LogP contribution is 2.29. The van der Waals surface area contributed by atoms with Crippen LogP contribution in [0.25, 0.3) is 0 Å². The molecule has 20 heavy (non-hydrogen) atoms. The Bertz CT molecular complexity index is 614. The third kappa shape index (κ3) is 3.04. The Morgan fingerprint density at radius 3 is 2.60 bits per heavy atom. The highest BCUT2D eigenvalue weighted by atomic mass is 35.5. The molecule has 104 valence electrons. The van der Waals surface area contributed by atoms with Crippen LogP contribution < -0.4 is 4.90 Å². The van der Waals surface area contributed by atoms with Crippen molar-refractivity contribution >= 4 is 29.3 Å². The largest absolute Gasteiger partial charge is 0.341 e. The van der Waals surface area contributed by atoms with Gasteiger partial charge in [-0.15, -0.1) is 0 Å². The van der Waals surface area contributed by atoms with Crippen LogP contribution >= 0.6 is 23.4 Å². The SMILES string of the molecule is Cc1ccccc1Sc1nc(Cl)nc(N2CCCC2)n1. The molecule has 2 aromatic rings. The number of hydrogen-bond acceptors (Lipinski definition) is 5. The number of aromatic nitrogens is 3. The highest BCUT2D eigenvalue weighted by molar-refractivity contribution is 7.99. The van der Waals surface area contributed by atoms with Crippen molar-refractivity contribution in [3.8, 4) is 0 Å². The summed E-state index contributed by atoms with van der Waals surface area (Å²) in [5, 5.41) is 0.916. The van der Waals surface area contributed by atoms with Crippen LogP contribution in [-0.2, 0) is 0 Å². The summed E-state index contributed by atoms with van der Waals surface area (Å²) in [6.07, 6.45) is 2.37. The van der Waals surface area contributed by atoms with E-state index < -0.39 is 0 Å². The van der Waals surface area contributed by atoms with Gasteiger partial charge in [-0.2, -0.15) is 15.0 Å². The van der Waals surface area contributed by atoms with E-state index >= 15 is 0 Å². The van der Waals surface area contributed by atoms with Crippen LogP contribution in [0.2, 0.25) is 5.28 Å². The van der Waals surface area contributed by atoms with Crippen LogP contribution in [0.1, 0.15) is 18.4 Å². The van der Waals surface area contributed by atoms with Crippen molar-refractivity contribution in [1.29, 1.82) is 0 Å². The maximum Gasteiger partial charge on any atom is 0.230 e. The molecule has 1 aliphatic heterocycles. The first kappa shape index (κ1) is 13.6. The molecule has 1 saturated heterocycles. The smallest absolute Gasteiger partial charge is 0.230 e. The Kier molecular flexibility index (Phi) is 4.08. The van der Waals surface area contributed by atoms with Gasteiger partial charge in [-0.1, -0.05) is 18.2 Å². The number of anilines is 1. The Balaban J connectivity index is 1.88. The number of nitrogens with zero attached hydrogens (tertiary/aromatic N) is 4. The van der Waals surface area contributed by atoms with E-state index in [1.165, 1.54) is 30.2 Å². The van der Waals surface area contributed by atoms with Crippen molar-refractivity contribution in [3.63, 3.8) is 0 Å². The van der Waals surface area contributed by atoms with E-state index in [0.717, 1.165) is 18.0 Å². The molecule has 0 saturated carbocycles. The summed E-state index contributed by atoms with van der Waals surface area (Å²) >= 11 is 7.56. The molecule has 3 rings (SSSR count). The minimum atomic E-state index is 0.262. The van der Waals surface area contributed by atoms with Gasteiger partial charge < -0.3 is 4.90 Å². The van der Waals surface area contributed by atoms with Crippen LogP contribution in [0.4, 0.5) is 5.95 Å². The van der Waals surface area contributed by atoms with Crippen molar-refractivity contribution in [3.05, 3.63) is 35.1 Å². The molecule has 0 unspecified atom stereocenters. The lowest BCUT2D eigenvalue weighted by Crippen LogP contribution is -2.21. The van der Waals surface area contributed by atoms with Crippen LogP contribution in [-0.4, -0.2) is 28.0 Å². The van der Waals surface area contributed by atoms with E-state index in [-0.39, 0.29) is 5.28 Å². The van der Waals surface area contributed by atoms with Gasteiger partial charge >= 0.3 is 0 Å². The van der Waals surface area contributed by atoms with Gasteiger partial charge in [0.25, 0.3) is 0 Å². The lowest BCUT2D eigenvalue weighted by atomic mass is 10.2. The summed E-state index contributed by atoms with van der Waals surface area (Å²) in [5.41, 5.74) is 1.21. The fourth-order valence-electron chi connectivity index (χ4n) is 2.20. The zero-order valence-electron chi connectivity index (χ0n) is 11.2. The fraction of sp³-hybridized carbons (Fsp3) is 0.357. The first-order valence-corrected chi connectivity index (χ1v) is 7.82. The van der Waals surface area contributed by atoms with Crippen molar-refractivity contribution in [2.45, 2.75) is 29.8 Å². The summed E-state index contributed by atoms with van der Waals surface area (Å²) in [7, 11) is 0. The van der Waals surface area contributed by atoms with Crippen molar-refractivity contribution < 1.29 is 0 Å². The van der Waals surface area contributed by atoms with Gasteiger partial charge in [0.2, 0.25) is 11.2 Å². The summed E-state index contributed by atoms with van der Waals surface area (Å²) in [4.78, 5) is 16.3. The Labute approximate surface area is 127 Å². The maximum absolute atomic E-state index is 6.03. The van der Waals surface area contributed by atoms with Gasteiger partial charge in [-0.05, 0) is 54.8 Å². The lowest BCUT2D eigenvalue weighted by molar-refractivity contribution is 0.826. The molecule has 6 heteroatoms. The van der Waals surface area contributed by atoms with Crippen LogP contribution in [0.15, 0.2) is 34.3 Å². The topological polar surface area (TPSA) is 41.9 Å². The second-order valence-corrected chi connectivity index (χ2v) is 6.10. The van der Waals surface area contributed by atoms with E-state index in [9.17, 15) is 0 Å². The van der Waals surface area contributed by atoms with Crippen LogP contribution in [0.3, 0.4) is 0 Å². The van der Waals surface area contributed by atoms with E-state index in [1.807, 2.05) is 12.1 Å². The van der Waals surface area contributed by atoms with Gasteiger partial charge in [0.05, 0.1) is 0 Å². The quantitative estimate of drug-likeness (QED) is 0.867. The third-order valence-electron chi connectivity index (χ3n) is 3.26. The van der Waals surface area contributed by atoms with Gasteiger partial charge in [0, 0.05) is 18.0 Å². The summed E-state index contributed by atoms with van der Waals surface area (Å²) < 4.78 is 0. The molecule has 0 atom stereocenters. The molecule has 4 nitrogen and oxygen atoms in total. The fourth-order valence-corrected chi connectivity index (χ4v) is 3.23. The minimum absolute atomic E-state index is 0.262. The predicted octanol–water partition coefficient (Wildman–Crippen LogP) is 3.58. The van der Waals surface area contributed by atoms with E-state index in [4.69, 9.17) is 11.6 Å². The van der Waals surface area contributed by atoms with Crippen molar-refractivity contribution in [1.82, 2.24) is 15.0 Å². The molecular weight excluding hydrogens is 292 g/mol. The molecule has 1 aliphatic rings. The number of benzene rings is 1. The Morgan fingerprint density at radius 2 is 1.85 bits per heavy atom. The number of halogens is 1. The van der Waals surface area contributed by atoms with Gasteiger partial charge in [-0.25, -0.2) is 0 Å². The van der Waals surface area contributed by atoms with Gasteiger partial charge in [-0.3, -0.25) is 0 Å². The molecule has 1 aromatic heterocycles. The minimum Gasteiger partial charge on any atom is -0.341 e. The Hall–Kier alpha value is -1.33. The molecule has 0 radical (unpaired) electrons. The zero-order valence-corrected chi connectivity index (χ0v) is 12.8.